The van der Waals surface area contributed by atoms with Crippen molar-refractivity contribution in [1.82, 2.24) is 0 Å². The quantitative estimate of drug-likeness (QED) is 0.733. The van der Waals surface area contributed by atoms with Gasteiger partial charge in [0.1, 0.15) is 6.04 Å². The Kier molecular flexibility index (Phi) is 2.75. The molecule has 2 saturated carbocycles. The number of fused-ring (bicyclic) bond motifs is 1. The third-order valence-corrected chi connectivity index (χ3v) is 5.92. The van der Waals surface area contributed by atoms with Crippen molar-refractivity contribution in [3.05, 3.63) is 29.8 Å². The molecular weight excluding hydrogens is 262 g/mol. The van der Waals surface area contributed by atoms with Crippen LogP contribution in [0.4, 0.5) is 5.69 Å². The Balaban J connectivity index is 1.97. The molecule has 0 saturated heterocycles. The number of ketones is 1. The number of carbonyl (C=O) groups is 2. The number of benzene rings is 1. The van der Waals surface area contributed by atoms with E-state index in [4.69, 9.17) is 0 Å². The van der Waals surface area contributed by atoms with Crippen LogP contribution in [0.5, 0.6) is 0 Å². The third-order valence-electron chi connectivity index (χ3n) is 5.92. The van der Waals surface area contributed by atoms with E-state index >= 15 is 0 Å². The average Bonchev–Trinajstić information content (AvgIpc) is 2.79. The maximum atomic E-state index is 12.7. The van der Waals surface area contributed by atoms with Gasteiger partial charge in [0.25, 0.3) is 0 Å². The zero-order chi connectivity index (χ0) is 14.6. The van der Waals surface area contributed by atoms with E-state index < -0.39 is 0 Å². The van der Waals surface area contributed by atoms with Gasteiger partial charge in [0.15, 0.2) is 5.78 Å². The molecule has 1 aromatic carbocycles. The molecule has 0 N–H and O–H groups in total. The van der Waals surface area contributed by atoms with Gasteiger partial charge in [-0.25, -0.2) is 0 Å². The molecule has 0 radical (unpaired) electrons. The number of anilines is 1. The molecule has 1 amide bonds. The lowest BCUT2D eigenvalue weighted by Gasteiger charge is -2.49. The summed E-state index contributed by atoms with van der Waals surface area (Å²) < 4.78 is 0. The van der Waals surface area contributed by atoms with Crippen molar-refractivity contribution in [2.45, 2.75) is 56.9 Å². The molecule has 0 aromatic heterocycles. The van der Waals surface area contributed by atoms with E-state index in [0.29, 0.717) is 12.3 Å². The lowest BCUT2D eigenvalue weighted by atomic mass is 9.55. The molecule has 2 fully saturated rings. The highest BCUT2D eigenvalue weighted by atomic mass is 16.2. The minimum atomic E-state index is -0.244. The summed E-state index contributed by atoms with van der Waals surface area (Å²) in [6, 6.07) is 7.96. The molecule has 3 heteroatoms. The number of rotatable bonds is 0. The van der Waals surface area contributed by atoms with E-state index in [-0.39, 0.29) is 23.1 Å². The predicted molar refractivity (Wildman–Crippen MR) is 81.3 cm³/mol. The van der Waals surface area contributed by atoms with E-state index in [2.05, 4.69) is 12.1 Å². The van der Waals surface area contributed by atoms with Crippen LogP contribution in [0.1, 0.15) is 51.0 Å². The monoisotopic (exact) mass is 283 g/mol. The Morgan fingerprint density at radius 2 is 2.05 bits per heavy atom. The van der Waals surface area contributed by atoms with Gasteiger partial charge >= 0.3 is 0 Å². The number of amides is 1. The van der Waals surface area contributed by atoms with Gasteiger partial charge in [0, 0.05) is 24.4 Å². The van der Waals surface area contributed by atoms with Crippen LogP contribution in [0.2, 0.25) is 0 Å². The first-order valence-corrected chi connectivity index (χ1v) is 8.08. The topological polar surface area (TPSA) is 37.4 Å². The third kappa shape index (κ3) is 1.55. The summed E-state index contributed by atoms with van der Waals surface area (Å²) >= 11 is 0. The van der Waals surface area contributed by atoms with E-state index in [0.717, 1.165) is 18.5 Å². The van der Waals surface area contributed by atoms with E-state index in [1.54, 1.807) is 11.8 Å². The van der Waals surface area contributed by atoms with Gasteiger partial charge < -0.3 is 4.90 Å². The van der Waals surface area contributed by atoms with E-state index in [1.807, 2.05) is 12.1 Å². The van der Waals surface area contributed by atoms with E-state index in [1.165, 1.54) is 24.8 Å². The van der Waals surface area contributed by atoms with Crippen LogP contribution in [0.3, 0.4) is 0 Å². The van der Waals surface area contributed by atoms with Crippen LogP contribution >= 0.6 is 0 Å². The van der Waals surface area contributed by atoms with Gasteiger partial charge in [-0.15, -0.1) is 0 Å². The second-order valence-electron chi connectivity index (χ2n) is 6.80. The number of hydrogen-bond donors (Lipinski definition) is 0. The summed E-state index contributed by atoms with van der Waals surface area (Å²) in [5.74, 6) is 0.822. The Morgan fingerprint density at radius 1 is 1.24 bits per heavy atom. The van der Waals surface area contributed by atoms with Crippen molar-refractivity contribution in [3.63, 3.8) is 0 Å². The maximum Gasteiger partial charge on any atom is 0.224 e. The smallest absolute Gasteiger partial charge is 0.224 e. The molecule has 2 aliphatic carbocycles. The standard InChI is InChI=1S/C18H21NO2/c1-12(20)19-15-8-3-2-7-14(15)18-11-5-4-6-13(18)9-10-16(21)17(18)19/h2-3,7-8,13,17H,4-6,9-11H2,1H3. The van der Waals surface area contributed by atoms with Gasteiger partial charge in [-0.2, -0.15) is 0 Å². The van der Waals surface area contributed by atoms with Gasteiger partial charge in [0.2, 0.25) is 5.91 Å². The largest absolute Gasteiger partial charge is 0.301 e. The zero-order valence-electron chi connectivity index (χ0n) is 12.5. The first kappa shape index (κ1) is 13.1. The van der Waals surface area contributed by atoms with Crippen LogP contribution in [-0.4, -0.2) is 17.7 Å². The first-order chi connectivity index (χ1) is 10.2. The van der Waals surface area contributed by atoms with Crippen molar-refractivity contribution in [1.29, 1.82) is 0 Å². The van der Waals surface area contributed by atoms with Crippen molar-refractivity contribution in [3.8, 4) is 0 Å². The van der Waals surface area contributed by atoms with Crippen LogP contribution < -0.4 is 4.90 Å². The number of Topliss-reactive ketones (excluding diaryl/α,β-unsaturated/α-hetero) is 1. The maximum absolute atomic E-state index is 12.7. The van der Waals surface area contributed by atoms with Crippen LogP contribution in [-0.2, 0) is 15.0 Å². The molecule has 3 aliphatic rings. The van der Waals surface area contributed by atoms with Crippen LogP contribution in [0.15, 0.2) is 24.3 Å². The number of hydrogen-bond acceptors (Lipinski definition) is 2. The Hall–Kier alpha value is -1.64. The summed E-state index contributed by atoms with van der Waals surface area (Å²) in [7, 11) is 0. The fourth-order valence-corrected chi connectivity index (χ4v) is 5.22. The average molecular weight is 283 g/mol. The fourth-order valence-electron chi connectivity index (χ4n) is 5.22. The van der Waals surface area contributed by atoms with Gasteiger partial charge in [-0.1, -0.05) is 31.0 Å². The summed E-state index contributed by atoms with van der Waals surface area (Å²) in [5.41, 5.74) is 2.13. The van der Waals surface area contributed by atoms with Crippen LogP contribution in [0.25, 0.3) is 0 Å². The molecule has 3 unspecified atom stereocenters. The fraction of sp³-hybridized carbons (Fsp3) is 0.556. The van der Waals surface area contributed by atoms with Crippen molar-refractivity contribution in [2.75, 3.05) is 4.90 Å². The summed E-state index contributed by atoms with van der Waals surface area (Å²) in [6.07, 6.45) is 6.30. The Bertz CT molecular complexity index is 623. The molecule has 1 aliphatic heterocycles. The molecule has 0 bridgehead atoms. The summed E-state index contributed by atoms with van der Waals surface area (Å²) in [5, 5.41) is 0. The molecule has 21 heavy (non-hydrogen) atoms. The molecule has 1 spiro atoms. The van der Waals surface area contributed by atoms with Crippen molar-refractivity contribution >= 4 is 17.4 Å². The lowest BCUT2D eigenvalue weighted by Crippen LogP contribution is -2.58. The SMILES string of the molecule is CC(=O)N1c2ccccc2C23CCCCC2CCC(=O)C13. The highest BCUT2D eigenvalue weighted by molar-refractivity contribution is 6.05. The zero-order valence-corrected chi connectivity index (χ0v) is 12.5. The molecular formula is C18H21NO2. The number of para-hydroxylation sites is 1. The second-order valence-corrected chi connectivity index (χ2v) is 6.80. The van der Waals surface area contributed by atoms with Gasteiger partial charge in [-0.05, 0) is 36.8 Å². The molecule has 1 aromatic rings. The lowest BCUT2D eigenvalue weighted by molar-refractivity contribution is -0.129. The number of carbonyl (C=O) groups excluding carboxylic acids is 2. The van der Waals surface area contributed by atoms with Crippen LogP contribution in [0, 0.1) is 5.92 Å². The van der Waals surface area contributed by atoms with Gasteiger partial charge in [-0.3, -0.25) is 9.59 Å². The van der Waals surface area contributed by atoms with Crippen molar-refractivity contribution < 1.29 is 9.59 Å². The molecule has 1 heterocycles. The molecule has 4 rings (SSSR count). The highest BCUT2D eigenvalue weighted by Gasteiger charge is 2.60. The summed E-state index contributed by atoms with van der Waals surface area (Å²) in [4.78, 5) is 26.8. The normalized spacial score (nSPS) is 34.1. The van der Waals surface area contributed by atoms with E-state index in [9.17, 15) is 9.59 Å². The molecule has 110 valence electrons. The number of nitrogens with zero attached hydrogens (tertiary/aromatic N) is 1. The second kappa shape index (κ2) is 4.43. The minimum Gasteiger partial charge on any atom is -0.301 e. The Labute approximate surface area is 125 Å². The van der Waals surface area contributed by atoms with Crippen molar-refractivity contribution in [2.24, 2.45) is 5.92 Å². The molecule has 3 nitrogen and oxygen atoms in total. The highest BCUT2D eigenvalue weighted by Crippen LogP contribution is 2.59. The molecule has 3 atom stereocenters. The minimum absolute atomic E-state index is 0.00361. The summed E-state index contributed by atoms with van der Waals surface area (Å²) in [6.45, 7) is 1.59. The first-order valence-electron chi connectivity index (χ1n) is 8.08. The predicted octanol–water partition coefficient (Wildman–Crippen LogP) is 3.21. The Morgan fingerprint density at radius 3 is 2.86 bits per heavy atom. The van der Waals surface area contributed by atoms with Gasteiger partial charge in [0.05, 0.1) is 0 Å².